The van der Waals surface area contributed by atoms with Crippen LogP contribution in [-0.4, -0.2) is 18.1 Å². The number of H-pyrrole nitrogens is 1. The van der Waals surface area contributed by atoms with Gasteiger partial charge in [-0.05, 0) is 67.8 Å². The van der Waals surface area contributed by atoms with E-state index in [1.54, 1.807) is 0 Å². The van der Waals surface area contributed by atoms with Crippen LogP contribution in [0, 0.1) is 11.8 Å². The van der Waals surface area contributed by atoms with Crippen molar-refractivity contribution in [2.75, 3.05) is 13.1 Å². The molecule has 0 amide bonds. The highest BCUT2D eigenvalue weighted by Gasteiger charge is 2.07. The average Bonchev–Trinajstić information content (AvgIpc) is 2.92. The minimum atomic E-state index is 0.590. The molecule has 0 aliphatic rings. The molecule has 2 rings (SSSR count). The van der Waals surface area contributed by atoms with Gasteiger partial charge in [0.2, 0.25) is 0 Å². The SMILES string of the molecule is CC(CN)CCc1ccc2c(CCC(C)CN)c[nH]c2c1. The number of hydrogen-bond acceptors (Lipinski definition) is 2. The van der Waals surface area contributed by atoms with Gasteiger partial charge < -0.3 is 16.5 Å². The molecule has 2 atom stereocenters. The van der Waals surface area contributed by atoms with Crippen molar-refractivity contribution in [1.82, 2.24) is 4.98 Å². The molecule has 0 radical (unpaired) electrons. The Morgan fingerprint density at radius 1 is 1.00 bits per heavy atom. The molecule has 1 aromatic heterocycles. The molecule has 0 aliphatic heterocycles. The fraction of sp³-hybridized carbons (Fsp3) is 0.556. The normalized spacial score (nSPS) is 14.5. The predicted molar refractivity (Wildman–Crippen MR) is 91.4 cm³/mol. The van der Waals surface area contributed by atoms with E-state index >= 15 is 0 Å². The molecule has 2 aromatic rings. The third-order valence-electron chi connectivity index (χ3n) is 4.47. The first-order valence-electron chi connectivity index (χ1n) is 8.13. The van der Waals surface area contributed by atoms with Gasteiger partial charge in [-0.15, -0.1) is 0 Å². The molecule has 1 aromatic carbocycles. The van der Waals surface area contributed by atoms with Gasteiger partial charge in [0.1, 0.15) is 0 Å². The van der Waals surface area contributed by atoms with E-state index in [9.17, 15) is 0 Å². The van der Waals surface area contributed by atoms with Gasteiger partial charge in [0.15, 0.2) is 0 Å². The molecular formula is C18H29N3. The van der Waals surface area contributed by atoms with Gasteiger partial charge in [-0.1, -0.05) is 26.0 Å². The second kappa shape index (κ2) is 7.62. The van der Waals surface area contributed by atoms with Crippen molar-refractivity contribution in [2.24, 2.45) is 23.3 Å². The Labute approximate surface area is 128 Å². The zero-order valence-electron chi connectivity index (χ0n) is 13.4. The van der Waals surface area contributed by atoms with Crippen LogP contribution < -0.4 is 11.5 Å². The lowest BCUT2D eigenvalue weighted by Gasteiger charge is -2.09. The number of aryl methyl sites for hydroxylation is 2. The second-order valence-corrected chi connectivity index (χ2v) is 6.45. The van der Waals surface area contributed by atoms with Crippen molar-refractivity contribution >= 4 is 10.9 Å². The standard InChI is InChI=1S/C18H29N3/c1-13(10-19)3-5-15-6-8-17-16(7-4-14(2)11-20)12-21-18(17)9-15/h6,8-9,12-14,21H,3-5,7,10-11,19-20H2,1-2H3. The van der Waals surface area contributed by atoms with E-state index in [2.05, 4.69) is 43.2 Å². The van der Waals surface area contributed by atoms with Crippen molar-refractivity contribution < 1.29 is 0 Å². The van der Waals surface area contributed by atoms with Gasteiger partial charge in [-0.3, -0.25) is 0 Å². The van der Waals surface area contributed by atoms with Crippen molar-refractivity contribution in [3.8, 4) is 0 Å². The van der Waals surface area contributed by atoms with Crippen molar-refractivity contribution in [1.29, 1.82) is 0 Å². The fourth-order valence-corrected chi connectivity index (χ4v) is 2.65. The Hall–Kier alpha value is -1.32. The lowest BCUT2D eigenvalue weighted by Crippen LogP contribution is -2.11. The van der Waals surface area contributed by atoms with Gasteiger partial charge >= 0.3 is 0 Å². The summed E-state index contributed by atoms with van der Waals surface area (Å²) >= 11 is 0. The highest BCUT2D eigenvalue weighted by molar-refractivity contribution is 5.83. The molecular weight excluding hydrogens is 258 g/mol. The molecule has 0 saturated carbocycles. The van der Waals surface area contributed by atoms with Gasteiger partial charge in [0.05, 0.1) is 0 Å². The summed E-state index contributed by atoms with van der Waals surface area (Å²) < 4.78 is 0. The minimum Gasteiger partial charge on any atom is -0.361 e. The van der Waals surface area contributed by atoms with E-state index < -0.39 is 0 Å². The summed E-state index contributed by atoms with van der Waals surface area (Å²) in [6, 6.07) is 6.81. The van der Waals surface area contributed by atoms with Crippen molar-refractivity contribution in [3.05, 3.63) is 35.5 Å². The fourth-order valence-electron chi connectivity index (χ4n) is 2.65. The first kappa shape index (κ1) is 16.1. The molecule has 0 aliphatic carbocycles. The van der Waals surface area contributed by atoms with E-state index in [0.29, 0.717) is 11.8 Å². The molecule has 2 unspecified atom stereocenters. The van der Waals surface area contributed by atoms with E-state index in [-0.39, 0.29) is 0 Å². The summed E-state index contributed by atoms with van der Waals surface area (Å²) in [6.07, 6.45) is 6.66. The summed E-state index contributed by atoms with van der Waals surface area (Å²) in [5, 5.41) is 1.36. The Morgan fingerprint density at radius 2 is 1.67 bits per heavy atom. The summed E-state index contributed by atoms with van der Waals surface area (Å²) in [5.74, 6) is 1.18. The van der Waals surface area contributed by atoms with E-state index in [1.807, 2.05) is 0 Å². The largest absolute Gasteiger partial charge is 0.361 e. The maximum Gasteiger partial charge on any atom is 0.0459 e. The van der Waals surface area contributed by atoms with Crippen LogP contribution in [-0.2, 0) is 12.8 Å². The zero-order valence-corrected chi connectivity index (χ0v) is 13.4. The Morgan fingerprint density at radius 3 is 2.33 bits per heavy atom. The quantitative estimate of drug-likeness (QED) is 0.698. The number of nitrogens with two attached hydrogens (primary N) is 2. The van der Waals surface area contributed by atoms with Crippen LogP contribution in [0.3, 0.4) is 0 Å². The maximum atomic E-state index is 5.70. The van der Waals surface area contributed by atoms with Crippen molar-refractivity contribution in [3.63, 3.8) is 0 Å². The van der Waals surface area contributed by atoms with E-state index in [0.717, 1.165) is 38.8 Å². The number of aromatic nitrogens is 1. The maximum absolute atomic E-state index is 5.70. The summed E-state index contributed by atoms with van der Waals surface area (Å²) in [7, 11) is 0. The van der Waals surface area contributed by atoms with Crippen LogP contribution in [0.25, 0.3) is 10.9 Å². The van der Waals surface area contributed by atoms with Gasteiger partial charge in [-0.2, -0.15) is 0 Å². The monoisotopic (exact) mass is 287 g/mol. The smallest absolute Gasteiger partial charge is 0.0459 e. The Balaban J connectivity index is 2.04. The topological polar surface area (TPSA) is 67.8 Å². The van der Waals surface area contributed by atoms with Crippen LogP contribution in [0.2, 0.25) is 0 Å². The first-order chi connectivity index (χ1) is 10.1. The predicted octanol–water partition coefficient (Wildman–Crippen LogP) is 3.22. The minimum absolute atomic E-state index is 0.590. The summed E-state index contributed by atoms with van der Waals surface area (Å²) in [5.41, 5.74) is 15.4. The van der Waals surface area contributed by atoms with E-state index in [4.69, 9.17) is 11.5 Å². The number of rotatable bonds is 8. The number of benzene rings is 1. The summed E-state index contributed by atoms with van der Waals surface area (Å²) in [6.45, 7) is 5.97. The van der Waals surface area contributed by atoms with Crippen molar-refractivity contribution in [2.45, 2.75) is 39.5 Å². The third-order valence-corrected chi connectivity index (χ3v) is 4.47. The molecule has 5 N–H and O–H groups in total. The molecule has 0 bridgehead atoms. The van der Waals surface area contributed by atoms with E-state index in [1.165, 1.54) is 22.0 Å². The van der Waals surface area contributed by atoms with Crippen LogP contribution in [0.15, 0.2) is 24.4 Å². The second-order valence-electron chi connectivity index (χ2n) is 6.45. The van der Waals surface area contributed by atoms with Gasteiger partial charge in [-0.25, -0.2) is 0 Å². The Kier molecular flexibility index (Phi) is 5.83. The highest BCUT2D eigenvalue weighted by Crippen LogP contribution is 2.23. The number of nitrogens with one attached hydrogen (secondary N) is 1. The third kappa shape index (κ3) is 4.32. The molecule has 0 fully saturated rings. The molecule has 3 nitrogen and oxygen atoms in total. The lowest BCUT2D eigenvalue weighted by molar-refractivity contribution is 0.545. The molecule has 0 saturated heterocycles. The number of fused-ring (bicyclic) bond motifs is 1. The van der Waals surface area contributed by atoms with Gasteiger partial charge in [0.25, 0.3) is 0 Å². The van der Waals surface area contributed by atoms with Crippen LogP contribution in [0.5, 0.6) is 0 Å². The molecule has 1 heterocycles. The zero-order chi connectivity index (χ0) is 15.2. The van der Waals surface area contributed by atoms with Crippen LogP contribution >= 0.6 is 0 Å². The Bertz CT molecular complexity index is 559. The van der Waals surface area contributed by atoms with Crippen LogP contribution in [0.1, 0.15) is 37.8 Å². The number of aromatic amines is 1. The first-order valence-corrected chi connectivity index (χ1v) is 8.13. The number of hydrogen-bond donors (Lipinski definition) is 3. The molecule has 3 heteroatoms. The molecule has 116 valence electrons. The van der Waals surface area contributed by atoms with Gasteiger partial charge in [0, 0.05) is 17.1 Å². The summed E-state index contributed by atoms with van der Waals surface area (Å²) in [4.78, 5) is 3.42. The van der Waals surface area contributed by atoms with Crippen LogP contribution in [0.4, 0.5) is 0 Å². The molecule has 0 spiro atoms. The highest BCUT2D eigenvalue weighted by atomic mass is 14.7. The lowest BCUT2D eigenvalue weighted by atomic mass is 9.98. The average molecular weight is 287 g/mol. The molecule has 21 heavy (non-hydrogen) atoms.